The summed E-state index contributed by atoms with van der Waals surface area (Å²) >= 11 is 0. The van der Waals surface area contributed by atoms with E-state index in [-0.39, 0.29) is 18.4 Å². The average Bonchev–Trinajstić information content (AvgIpc) is 2.74. The normalized spacial score (nSPS) is 9.81. The number of hydrogen-bond acceptors (Lipinski definition) is 4. The van der Waals surface area contributed by atoms with E-state index in [1.807, 2.05) is 0 Å². The van der Waals surface area contributed by atoms with Crippen LogP contribution in [0.25, 0.3) is 0 Å². The number of rotatable bonds is 6. The molecule has 1 aromatic heterocycles. The van der Waals surface area contributed by atoms with Gasteiger partial charge in [-0.2, -0.15) is 0 Å². The van der Waals surface area contributed by atoms with Gasteiger partial charge < -0.3 is 15.2 Å². The highest BCUT2D eigenvalue weighted by atomic mass is 16.5. The summed E-state index contributed by atoms with van der Waals surface area (Å²) in [5, 5.41) is 8.69. The Morgan fingerprint density at radius 1 is 1.44 bits per heavy atom. The molecule has 0 radical (unpaired) electrons. The van der Waals surface area contributed by atoms with E-state index in [1.165, 1.54) is 6.92 Å². The van der Waals surface area contributed by atoms with E-state index in [0.717, 1.165) is 18.4 Å². The van der Waals surface area contributed by atoms with Crippen LogP contribution in [0.5, 0.6) is 0 Å². The van der Waals surface area contributed by atoms with Crippen LogP contribution in [-0.2, 0) is 16.0 Å². The summed E-state index contributed by atoms with van der Waals surface area (Å²) in [5.41, 5.74) is 1.01. The van der Waals surface area contributed by atoms with Crippen molar-refractivity contribution < 1.29 is 14.1 Å². The van der Waals surface area contributed by atoms with Crippen LogP contribution in [0.4, 0.5) is 0 Å². The van der Waals surface area contributed by atoms with E-state index in [9.17, 15) is 9.59 Å². The molecule has 1 rings (SSSR count). The lowest BCUT2D eigenvalue weighted by atomic mass is 10.2. The summed E-state index contributed by atoms with van der Waals surface area (Å²) in [6, 6.07) is 0. The first-order valence-electron chi connectivity index (χ1n) is 5.08. The molecule has 0 bridgehead atoms. The van der Waals surface area contributed by atoms with Crippen molar-refractivity contribution in [2.45, 2.75) is 19.8 Å². The standard InChI is InChI=1S/C10H15N3O3/c1-8(14)12-6-10(15)11-4-2-3-9-5-13-16-7-9/h5,7H,2-4,6H2,1H3,(H,11,15)(H,12,14). The lowest BCUT2D eigenvalue weighted by Gasteiger charge is -2.04. The molecule has 0 aliphatic rings. The van der Waals surface area contributed by atoms with Gasteiger partial charge in [0.25, 0.3) is 0 Å². The molecular formula is C10H15N3O3. The van der Waals surface area contributed by atoms with Crippen LogP contribution in [0, 0.1) is 0 Å². The van der Waals surface area contributed by atoms with Crippen molar-refractivity contribution >= 4 is 11.8 Å². The first-order valence-corrected chi connectivity index (χ1v) is 5.08. The highest BCUT2D eigenvalue weighted by Crippen LogP contribution is 1.99. The fourth-order valence-corrected chi connectivity index (χ4v) is 1.14. The maximum atomic E-state index is 11.2. The van der Waals surface area contributed by atoms with Gasteiger partial charge in [0.2, 0.25) is 11.8 Å². The first-order chi connectivity index (χ1) is 7.68. The fraction of sp³-hybridized carbons (Fsp3) is 0.500. The van der Waals surface area contributed by atoms with E-state index in [4.69, 9.17) is 0 Å². The van der Waals surface area contributed by atoms with Gasteiger partial charge in [-0.3, -0.25) is 9.59 Å². The Balaban J connectivity index is 2.02. The molecule has 0 spiro atoms. The van der Waals surface area contributed by atoms with Crippen LogP contribution in [0.15, 0.2) is 17.0 Å². The van der Waals surface area contributed by atoms with Crippen LogP contribution >= 0.6 is 0 Å². The summed E-state index contributed by atoms with van der Waals surface area (Å²) < 4.78 is 4.67. The number of carbonyl (C=O) groups excluding carboxylic acids is 2. The lowest BCUT2D eigenvalue weighted by molar-refractivity contribution is -0.125. The maximum Gasteiger partial charge on any atom is 0.239 e. The Labute approximate surface area is 93.4 Å². The van der Waals surface area contributed by atoms with Crippen molar-refractivity contribution in [3.8, 4) is 0 Å². The summed E-state index contributed by atoms with van der Waals surface area (Å²) in [6.45, 7) is 1.98. The van der Waals surface area contributed by atoms with Gasteiger partial charge in [-0.05, 0) is 12.8 Å². The zero-order chi connectivity index (χ0) is 11.8. The topological polar surface area (TPSA) is 84.2 Å². The zero-order valence-corrected chi connectivity index (χ0v) is 9.16. The van der Waals surface area contributed by atoms with E-state index in [0.29, 0.717) is 6.54 Å². The smallest absolute Gasteiger partial charge is 0.239 e. The van der Waals surface area contributed by atoms with Crippen molar-refractivity contribution in [1.29, 1.82) is 0 Å². The third-order valence-electron chi connectivity index (χ3n) is 1.95. The van der Waals surface area contributed by atoms with Gasteiger partial charge in [0, 0.05) is 19.0 Å². The van der Waals surface area contributed by atoms with Gasteiger partial charge in [-0.1, -0.05) is 5.16 Å². The molecule has 0 fully saturated rings. The SMILES string of the molecule is CC(=O)NCC(=O)NCCCc1cnoc1. The van der Waals surface area contributed by atoms with Crippen molar-refractivity contribution in [2.75, 3.05) is 13.1 Å². The van der Waals surface area contributed by atoms with Crippen LogP contribution < -0.4 is 10.6 Å². The third-order valence-corrected chi connectivity index (χ3v) is 1.95. The Morgan fingerprint density at radius 3 is 2.88 bits per heavy atom. The molecule has 0 aliphatic carbocycles. The molecule has 1 heterocycles. The molecule has 2 amide bonds. The van der Waals surface area contributed by atoms with Gasteiger partial charge >= 0.3 is 0 Å². The molecule has 0 atom stereocenters. The second-order valence-electron chi connectivity index (χ2n) is 3.40. The molecular weight excluding hydrogens is 210 g/mol. The third kappa shape index (κ3) is 5.14. The zero-order valence-electron chi connectivity index (χ0n) is 9.16. The minimum Gasteiger partial charge on any atom is -0.364 e. The molecule has 0 aromatic carbocycles. The highest BCUT2D eigenvalue weighted by Gasteiger charge is 2.01. The van der Waals surface area contributed by atoms with Gasteiger partial charge in [-0.25, -0.2) is 0 Å². The fourth-order valence-electron chi connectivity index (χ4n) is 1.14. The van der Waals surface area contributed by atoms with Gasteiger partial charge in [0.05, 0.1) is 12.7 Å². The number of aryl methyl sites for hydroxylation is 1. The highest BCUT2D eigenvalue weighted by molar-refractivity contribution is 5.83. The van der Waals surface area contributed by atoms with Gasteiger partial charge in [-0.15, -0.1) is 0 Å². The molecule has 88 valence electrons. The number of aromatic nitrogens is 1. The van der Waals surface area contributed by atoms with Gasteiger partial charge in [0.1, 0.15) is 6.26 Å². The predicted octanol–water partition coefficient (Wildman–Crippen LogP) is -0.140. The quantitative estimate of drug-likeness (QED) is 0.660. The van der Waals surface area contributed by atoms with Crippen molar-refractivity contribution in [3.63, 3.8) is 0 Å². The van der Waals surface area contributed by atoms with Gasteiger partial charge in [0.15, 0.2) is 0 Å². The molecule has 0 saturated carbocycles. The average molecular weight is 225 g/mol. The van der Waals surface area contributed by atoms with E-state index in [1.54, 1.807) is 12.5 Å². The van der Waals surface area contributed by atoms with Crippen molar-refractivity contribution in [2.24, 2.45) is 0 Å². The number of carbonyl (C=O) groups is 2. The molecule has 0 aliphatic heterocycles. The number of nitrogens with zero attached hydrogens (tertiary/aromatic N) is 1. The first kappa shape index (κ1) is 12.2. The molecule has 6 heteroatoms. The second kappa shape index (κ2) is 6.60. The molecule has 2 N–H and O–H groups in total. The van der Waals surface area contributed by atoms with Crippen molar-refractivity contribution in [1.82, 2.24) is 15.8 Å². The molecule has 16 heavy (non-hydrogen) atoms. The van der Waals surface area contributed by atoms with E-state index in [2.05, 4.69) is 20.3 Å². The van der Waals surface area contributed by atoms with Crippen molar-refractivity contribution in [3.05, 3.63) is 18.0 Å². The van der Waals surface area contributed by atoms with E-state index < -0.39 is 0 Å². The van der Waals surface area contributed by atoms with Crippen LogP contribution in [-0.4, -0.2) is 30.1 Å². The summed E-state index contributed by atoms with van der Waals surface area (Å²) in [5.74, 6) is -0.389. The number of nitrogens with one attached hydrogen (secondary N) is 2. The predicted molar refractivity (Wildman–Crippen MR) is 56.5 cm³/mol. The Kier molecular flexibility index (Phi) is 5.04. The molecule has 1 aromatic rings. The molecule has 6 nitrogen and oxygen atoms in total. The van der Waals surface area contributed by atoms with Crippen LogP contribution in [0.3, 0.4) is 0 Å². The molecule has 0 saturated heterocycles. The summed E-state index contributed by atoms with van der Waals surface area (Å²) in [4.78, 5) is 21.7. The Hall–Kier alpha value is -1.85. The number of amides is 2. The Bertz CT molecular complexity index is 335. The lowest BCUT2D eigenvalue weighted by Crippen LogP contribution is -2.36. The monoisotopic (exact) mass is 225 g/mol. The maximum absolute atomic E-state index is 11.2. The molecule has 0 unspecified atom stereocenters. The minimum absolute atomic E-state index is 0.0304. The second-order valence-corrected chi connectivity index (χ2v) is 3.40. The largest absolute Gasteiger partial charge is 0.364 e. The van der Waals surface area contributed by atoms with E-state index >= 15 is 0 Å². The number of hydrogen-bond donors (Lipinski definition) is 2. The van der Waals surface area contributed by atoms with Crippen LogP contribution in [0.1, 0.15) is 18.9 Å². The summed E-state index contributed by atoms with van der Waals surface area (Å²) in [6.07, 6.45) is 4.86. The summed E-state index contributed by atoms with van der Waals surface area (Å²) in [7, 11) is 0. The minimum atomic E-state index is -0.209. The Morgan fingerprint density at radius 2 is 2.25 bits per heavy atom. The van der Waals surface area contributed by atoms with Crippen LogP contribution in [0.2, 0.25) is 0 Å².